The molecule has 0 radical (unpaired) electrons. The Morgan fingerprint density at radius 1 is 1.19 bits per heavy atom. The van der Waals surface area contributed by atoms with Gasteiger partial charge in [0.15, 0.2) is 5.69 Å². The average Bonchev–Trinajstić information content (AvgIpc) is 3.36. The lowest BCUT2D eigenvalue weighted by Gasteiger charge is -2.21. The molecule has 0 aliphatic heterocycles. The summed E-state index contributed by atoms with van der Waals surface area (Å²) in [6.07, 6.45) is 3.93. The highest BCUT2D eigenvalue weighted by molar-refractivity contribution is 6.30. The van der Waals surface area contributed by atoms with E-state index in [0.29, 0.717) is 23.3 Å². The molecule has 0 saturated heterocycles. The first-order valence-corrected chi connectivity index (χ1v) is 9.16. The highest BCUT2D eigenvalue weighted by Crippen LogP contribution is 2.30. The largest absolute Gasteiger partial charge is 0.330 e. The monoisotopic (exact) mass is 365 g/mol. The minimum absolute atomic E-state index is 0.0196. The number of aromatic nitrogens is 2. The third kappa shape index (κ3) is 3.65. The minimum Gasteiger partial charge on any atom is -0.330 e. The molecule has 132 valence electrons. The Morgan fingerprint density at radius 2 is 1.96 bits per heavy atom. The van der Waals surface area contributed by atoms with Crippen molar-refractivity contribution in [3.8, 4) is 5.69 Å². The summed E-state index contributed by atoms with van der Waals surface area (Å²) in [7, 11) is 0. The first-order valence-electron chi connectivity index (χ1n) is 8.78. The van der Waals surface area contributed by atoms with E-state index in [9.17, 15) is 4.79 Å². The molecule has 1 aromatic heterocycles. The molecule has 0 N–H and O–H groups in total. The first-order chi connectivity index (χ1) is 12.6. The number of nitrogens with zero attached hydrogens (tertiary/aromatic N) is 3. The number of benzene rings is 2. The lowest BCUT2D eigenvalue weighted by atomic mass is 10.1. The highest BCUT2D eigenvalue weighted by atomic mass is 35.5. The number of halogens is 1. The zero-order chi connectivity index (χ0) is 18.1. The van der Waals surface area contributed by atoms with Gasteiger partial charge in [-0.15, -0.1) is 0 Å². The molecular formula is C21H20ClN3O. The van der Waals surface area contributed by atoms with Crippen LogP contribution in [0.4, 0.5) is 0 Å². The molecule has 5 heteroatoms. The summed E-state index contributed by atoms with van der Waals surface area (Å²) in [5, 5.41) is 5.12. The molecule has 2 aromatic carbocycles. The molecular weight excluding hydrogens is 346 g/mol. The zero-order valence-corrected chi connectivity index (χ0v) is 15.4. The van der Waals surface area contributed by atoms with E-state index in [1.807, 2.05) is 29.2 Å². The van der Waals surface area contributed by atoms with Crippen LogP contribution in [-0.2, 0) is 6.54 Å². The Kier molecular flexibility index (Phi) is 4.51. The molecule has 1 saturated carbocycles. The molecule has 1 aliphatic rings. The molecule has 0 unspecified atom stereocenters. The molecule has 0 atom stereocenters. The van der Waals surface area contributed by atoms with E-state index in [1.54, 1.807) is 16.9 Å². The number of hydrogen-bond donors (Lipinski definition) is 0. The van der Waals surface area contributed by atoms with Crippen molar-refractivity contribution in [3.63, 3.8) is 0 Å². The summed E-state index contributed by atoms with van der Waals surface area (Å²) in [5.74, 6) is -0.0196. The zero-order valence-electron chi connectivity index (χ0n) is 14.6. The lowest BCUT2D eigenvalue weighted by molar-refractivity contribution is 0.0723. The van der Waals surface area contributed by atoms with Gasteiger partial charge >= 0.3 is 0 Å². The minimum atomic E-state index is -0.0196. The van der Waals surface area contributed by atoms with Crippen molar-refractivity contribution in [2.24, 2.45) is 0 Å². The van der Waals surface area contributed by atoms with Gasteiger partial charge in [-0.3, -0.25) is 4.79 Å². The average molecular weight is 366 g/mol. The molecule has 4 nitrogen and oxygen atoms in total. The molecule has 1 amide bonds. The summed E-state index contributed by atoms with van der Waals surface area (Å²) in [6, 6.07) is 17.9. The van der Waals surface area contributed by atoms with Gasteiger partial charge in [0.05, 0.1) is 5.69 Å². The quantitative estimate of drug-likeness (QED) is 0.660. The van der Waals surface area contributed by atoms with E-state index in [0.717, 1.165) is 24.1 Å². The summed E-state index contributed by atoms with van der Waals surface area (Å²) >= 11 is 6.05. The van der Waals surface area contributed by atoms with Crippen LogP contribution in [-0.4, -0.2) is 26.6 Å². The fourth-order valence-corrected chi connectivity index (χ4v) is 3.18. The standard InChI is InChI=1S/C21H20ClN3O/c1-15-5-7-16(8-6-15)14-24(18-9-10-18)21(26)20-11-12-25(23-20)19-4-2-3-17(22)13-19/h2-8,11-13,18H,9-10,14H2,1H3. The van der Waals surface area contributed by atoms with Gasteiger partial charge in [-0.1, -0.05) is 47.5 Å². The number of carbonyl (C=O) groups is 1. The van der Waals surface area contributed by atoms with Crippen molar-refractivity contribution in [1.82, 2.24) is 14.7 Å². The van der Waals surface area contributed by atoms with Crippen molar-refractivity contribution in [3.05, 3.63) is 82.6 Å². The maximum atomic E-state index is 13.0. The maximum absolute atomic E-state index is 13.0. The number of amides is 1. The second-order valence-corrected chi connectivity index (χ2v) is 7.21. The van der Waals surface area contributed by atoms with Gasteiger partial charge in [0, 0.05) is 23.8 Å². The third-order valence-corrected chi connectivity index (χ3v) is 4.84. The molecule has 1 fully saturated rings. The van der Waals surface area contributed by atoms with Gasteiger partial charge in [-0.25, -0.2) is 4.68 Å². The van der Waals surface area contributed by atoms with E-state index >= 15 is 0 Å². The van der Waals surface area contributed by atoms with Crippen LogP contribution in [0.1, 0.15) is 34.5 Å². The van der Waals surface area contributed by atoms with E-state index < -0.39 is 0 Å². The molecule has 3 aromatic rings. The number of carbonyl (C=O) groups excluding carboxylic acids is 1. The van der Waals surface area contributed by atoms with Gasteiger partial charge in [0.1, 0.15) is 0 Å². The predicted molar refractivity (Wildman–Crippen MR) is 103 cm³/mol. The van der Waals surface area contributed by atoms with Gasteiger partial charge in [0.25, 0.3) is 5.91 Å². The van der Waals surface area contributed by atoms with Crippen LogP contribution in [0.3, 0.4) is 0 Å². The second-order valence-electron chi connectivity index (χ2n) is 6.78. The SMILES string of the molecule is Cc1ccc(CN(C(=O)c2ccn(-c3cccc(Cl)c3)n2)C2CC2)cc1. The van der Waals surface area contributed by atoms with Crippen molar-refractivity contribution < 1.29 is 4.79 Å². The Morgan fingerprint density at radius 3 is 2.65 bits per heavy atom. The lowest BCUT2D eigenvalue weighted by Crippen LogP contribution is -2.33. The van der Waals surface area contributed by atoms with Crippen LogP contribution >= 0.6 is 11.6 Å². The molecule has 0 bridgehead atoms. The molecule has 1 aliphatic carbocycles. The van der Waals surface area contributed by atoms with Crippen LogP contribution in [0.5, 0.6) is 0 Å². The molecule has 4 rings (SSSR count). The summed E-state index contributed by atoms with van der Waals surface area (Å²) < 4.78 is 1.69. The van der Waals surface area contributed by atoms with Crippen LogP contribution in [0.25, 0.3) is 5.69 Å². The van der Waals surface area contributed by atoms with Crippen LogP contribution in [0.2, 0.25) is 5.02 Å². The van der Waals surface area contributed by atoms with Gasteiger partial charge in [0.2, 0.25) is 0 Å². The predicted octanol–water partition coefficient (Wildman–Crippen LogP) is 4.64. The van der Waals surface area contributed by atoms with Crippen molar-refractivity contribution in [1.29, 1.82) is 0 Å². The summed E-state index contributed by atoms with van der Waals surface area (Å²) in [5.41, 5.74) is 3.67. The fraction of sp³-hybridized carbons (Fsp3) is 0.238. The number of hydrogen-bond acceptors (Lipinski definition) is 2. The van der Waals surface area contributed by atoms with Gasteiger partial charge < -0.3 is 4.90 Å². The Bertz CT molecular complexity index is 928. The van der Waals surface area contributed by atoms with E-state index in [1.165, 1.54) is 5.56 Å². The second kappa shape index (κ2) is 6.96. The number of aryl methyl sites for hydroxylation is 1. The highest BCUT2D eigenvalue weighted by Gasteiger charge is 2.34. The maximum Gasteiger partial charge on any atom is 0.274 e. The normalized spacial score (nSPS) is 13.6. The van der Waals surface area contributed by atoms with Crippen LogP contribution in [0, 0.1) is 6.92 Å². The van der Waals surface area contributed by atoms with Gasteiger partial charge in [-0.2, -0.15) is 5.10 Å². The number of rotatable bonds is 5. The van der Waals surface area contributed by atoms with E-state index in [4.69, 9.17) is 11.6 Å². The van der Waals surface area contributed by atoms with Crippen LogP contribution in [0.15, 0.2) is 60.8 Å². The van der Waals surface area contributed by atoms with Crippen molar-refractivity contribution in [2.45, 2.75) is 32.4 Å². The fourth-order valence-electron chi connectivity index (χ4n) is 2.99. The Hall–Kier alpha value is -2.59. The Labute approximate surface area is 158 Å². The molecule has 26 heavy (non-hydrogen) atoms. The molecule has 0 spiro atoms. The van der Waals surface area contributed by atoms with Crippen LogP contribution < -0.4 is 0 Å². The summed E-state index contributed by atoms with van der Waals surface area (Å²) in [4.78, 5) is 15.0. The van der Waals surface area contributed by atoms with Gasteiger partial charge in [-0.05, 0) is 49.6 Å². The molecule has 1 heterocycles. The Balaban J connectivity index is 1.56. The third-order valence-electron chi connectivity index (χ3n) is 4.60. The van der Waals surface area contributed by atoms with E-state index in [2.05, 4.69) is 36.3 Å². The first kappa shape index (κ1) is 16.9. The summed E-state index contributed by atoms with van der Waals surface area (Å²) in [6.45, 7) is 2.68. The topological polar surface area (TPSA) is 38.1 Å². The smallest absolute Gasteiger partial charge is 0.274 e. The van der Waals surface area contributed by atoms with Crippen molar-refractivity contribution in [2.75, 3.05) is 0 Å². The van der Waals surface area contributed by atoms with Crippen molar-refractivity contribution >= 4 is 17.5 Å². The van der Waals surface area contributed by atoms with E-state index in [-0.39, 0.29) is 5.91 Å².